The number of nitrogens with one attached hydrogen (secondary N) is 1. The fourth-order valence-corrected chi connectivity index (χ4v) is 4.17. The molecule has 12 nitrogen and oxygen atoms in total. The van der Waals surface area contributed by atoms with Gasteiger partial charge in [0.25, 0.3) is 0 Å². The van der Waals surface area contributed by atoms with E-state index >= 15 is 0 Å². The molecule has 1 saturated heterocycles. The van der Waals surface area contributed by atoms with Crippen LogP contribution in [0.25, 0.3) is 5.69 Å². The highest BCUT2D eigenvalue weighted by atomic mass is 35.5. The fraction of sp³-hybridized carbons (Fsp3) is 0.192. The van der Waals surface area contributed by atoms with Crippen molar-refractivity contribution in [2.75, 3.05) is 31.0 Å². The summed E-state index contributed by atoms with van der Waals surface area (Å²) in [5, 5.41) is 17.7. The molecule has 5 rings (SSSR count). The maximum atomic E-state index is 13.5. The largest absolute Gasteiger partial charge is 0.465 e. The molecule has 1 fully saturated rings. The van der Waals surface area contributed by atoms with Gasteiger partial charge in [0.1, 0.15) is 12.4 Å². The molecule has 0 bridgehead atoms. The molecule has 1 aliphatic heterocycles. The van der Waals surface area contributed by atoms with E-state index in [9.17, 15) is 9.59 Å². The van der Waals surface area contributed by atoms with Crippen molar-refractivity contribution in [1.82, 2.24) is 25.3 Å². The molecule has 39 heavy (non-hydrogen) atoms. The Hall–Kier alpha value is -4.36. The lowest BCUT2D eigenvalue weighted by atomic mass is 10.0. The van der Waals surface area contributed by atoms with Gasteiger partial charge in [-0.2, -0.15) is 4.68 Å². The van der Waals surface area contributed by atoms with Crippen molar-refractivity contribution in [2.24, 2.45) is 0 Å². The van der Waals surface area contributed by atoms with E-state index < -0.39 is 12.0 Å². The number of hydrogen-bond donors (Lipinski definition) is 1. The Morgan fingerprint density at radius 3 is 2.49 bits per heavy atom. The van der Waals surface area contributed by atoms with Gasteiger partial charge in [0.05, 0.1) is 24.0 Å². The molecular formula is C26H24ClN7O5. The first kappa shape index (κ1) is 26.3. The zero-order chi connectivity index (χ0) is 27.2. The number of carbonyl (C=O) groups excluding carboxylic acids is 2. The Balaban J connectivity index is 1.32. The molecule has 1 atom stereocenters. The molecule has 1 N–H and O–H groups in total. The quantitative estimate of drug-likeness (QED) is 0.327. The van der Waals surface area contributed by atoms with Gasteiger partial charge >= 0.3 is 5.97 Å². The molecule has 200 valence electrons. The number of esters is 1. The molecule has 1 amide bonds. The van der Waals surface area contributed by atoms with E-state index in [1.165, 1.54) is 28.2 Å². The van der Waals surface area contributed by atoms with Crippen LogP contribution in [0.5, 0.6) is 0 Å². The minimum absolute atomic E-state index is 0.0259. The zero-order valence-electron chi connectivity index (χ0n) is 20.8. The smallest absolute Gasteiger partial charge is 0.337 e. The van der Waals surface area contributed by atoms with Gasteiger partial charge in [-0.05, 0) is 64.9 Å². The van der Waals surface area contributed by atoms with E-state index in [2.05, 4.69) is 20.8 Å². The first-order chi connectivity index (χ1) is 19.0. The topological polar surface area (TPSA) is 124 Å². The minimum Gasteiger partial charge on any atom is -0.465 e. The Morgan fingerprint density at radius 2 is 1.82 bits per heavy atom. The number of ether oxygens (including phenoxy) is 1. The second-order valence-electron chi connectivity index (χ2n) is 8.46. The zero-order valence-corrected chi connectivity index (χ0v) is 21.6. The van der Waals surface area contributed by atoms with Crippen LogP contribution in [0.1, 0.15) is 15.9 Å². The average molecular weight is 550 g/mol. The predicted molar refractivity (Wildman–Crippen MR) is 141 cm³/mol. The number of amides is 1. The number of tetrazole rings is 1. The summed E-state index contributed by atoms with van der Waals surface area (Å²) in [7, 11) is 1.31. The van der Waals surface area contributed by atoms with Crippen LogP contribution in [0.3, 0.4) is 0 Å². The first-order valence-corrected chi connectivity index (χ1v) is 12.3. The molecule has 3 aromatic carbocycles. The van der Waals surface area contributed by atoms with Crippen LogP contribution in [0, 0.1) is 0 Å². The van der Waals surface area contributed by atoms with Gasteiger partial charge in [-0.25, -0.2) is 9.86 Å². The third-order valence-corrected chi connectivity index (χ3v) is 6.21. The fourth-order valence-electron chi connectivity index (χ4n) is 4.00. The highest BCUT2D eigenvalue weighted by Gasteiger charge is 2.32. The number of rotatable bonds is 8. The van der Waals surface area contributed by atoms with Gasteiger partial charge in [0.15, 0.2) is 13.5 Å². The summed E-state index contributed by atoms with van der Waals surface area (Å²) in [4.78, 5) is 37.2. The Morgan fingerprint density at radius 1 is 1.03 bits per heavy atom. The number of aromatic nitrogens is 4. The van der Waals surface area contributed by atoms with E-state index in [4.69, 9.17) is 26.0 Å². The lowest BCUT2D eigenvalue weighted by molar-refractivity contribution is -0.279. The van der Waals surface area contributed by atoms with Crippen LogP contribution in [-0.4, -0.2) is 63.8 Å². The van der Waals surface area contributed by atoms with Gasteiger partial charge in [-0.15, -0.1) is 10.2 Å². The molecule has 2 heterocycles. The third-order valence-electron chi connectivity index (χ3n) is 5.98. The number of methoxy groups -OCH3 is 1. The van der Waals surface area contributed by atoms with E-state index in [1.54, 1.807) is 42.5 Å². The standard InChI is InChI=1S/C26H24ClN7O5/c1-37-26(36)19-7-10-21(11-8-19)29-25(35)24(13-18-5-3-2-4-6-18)34-17-38-33(16-39-34)23-14-20(27)9-12-22(23)32-15-28-30-31-32/h2-12,14-15,24H,13,16-17H2,1H3,(H,29,35). The number of hydrogen-bond acceptors (Lipinski definition) is 10. The third kappa shape index (κ3) is 6.21. The first-order valence-electron chi connectivity index (χ1n) is 11.9. The second kappa shape index (κ2) is 12.0. The van der Waals surface area contributed by atoms with Gasteiger partial charge in [-0.1, -0.05) is 41.9 Å². The molecule has 0 spiro atoms. The van der Waals surface area contributed by atoms with E-state index in [-0.39, 0.29) is 19.4 Å². The molecule has 1 aliphatic rings. The highest BCUT2D eigenvalue weighted by Crippen LogP contribution is 2.30. The highest BCUT2D eigenvalue weighted by molar-refractivity contribution is 6.31. The van der Waals surface area contributed by atoms with Crippen LogP contribution in [0.2, 0.25) is 5.02 Å². The van der Waals surface area contributed by atoms with Crippen molar-refractivity contribution >= 4 is 34.9 Å². The molecule has 1 unspecified atom stereocenters. The van der Waals surface area contributed by atoms with E-state index in [0.29, 0.717) is 34.1 Å². The molecule has 0 saturated carbocycles. The van der Waals surface area contributed by atoms with Gasteiger partial charge in [0.2, 0.25) is 5.91 Å². The predicted octanol–water partition coefficient (Wildman–Crippen LogP) is 3.25. The van der Waals surface area contributed by atoms with Crippen molar-refractivity contribution in [2.45, 2.75) is 12.5 Å². The van der Waals surface area contributed by atoms with Crippen LogP contribution in [-0.2, 0) is 25.6 Å². The number of halogens is 1. The number of carbonyl (C=O) groups is 2. The normalized spacial score (nSPS) is 14.6. The summed E-state index contributed by atoms with van der Waals surface area (Å²) in [5.74, 6) is -0.764. The van der Waals surface area contributed by atoms with Gasteiger partial charge in [0, 0.05) is 10.7 Å². The molecule has 0 radical (unpaired) electrons. The van der Waals surface area contributed by atoms with Crippen LogP contribution < -0.4 is 10.4 Å². The van der Waals surface area contributed by atoms with Crippen molar-refractivity contribution in [3.63, 3.8) is 0 Å². The average Bonchev–Trinajstić information content (AvgIpc) is 3.51. The van der Waals surface area contributed by atoms with Crippen LogP contribution in [0.15, 0.2) is 79.1 Å². The molecule has 13 heteroatoms. The van der Waals surface area contributed by atoms with Crippen molar-refractivity contribution in [3.05, 3.63) is 95.3 Å². The maximum Gasteiger partial charge on any atom is 0.337 e. The number of benzene rings is 3. The number of nitrogens with zero attached hydrogens (tertiary/aromatic N) is 6. The number of anilines is 2. The molecule has 0 aliphatic carbocycles. The van der Waals surface area contributed by atoms with Crippen LogP contribution in [0.4, 0.5) is 11.4 Å². The Labute approximate surface area is 228 Å². The Bertz CT molecular complexity index is 1410. The van der Waals surface area contributed by atoms with Crippen molar-refractivity contribution < 1.29 is 24.0 Å². The van der Waals surface area contributed by atoms with Gasteiger partial charge < -0.3 is 10.1 Å². The maximum absolute atomic E-state index is 13.5. The van der Waals surface area contributed by atoms with Crippen molar-refractivity contribution in [3.8, 4) is 5.69 Å². The summed E-state index contributed by atoms with van der Waals surface area (Å²) in [6, 6.07) is 20.5. The summed E-state index contributed by atoms with van der Waals surface area (Å²) >= 11 is 6.25. The van der Waals surface area contributed by atoms with E-state index in [1.807, 2.05) is 30.3 Å². The Kier molecular flexibility index (Phi) is 8.08. The minimum atomic E-state index is -0.729. The summed E-state index contributed by atoms with van der Waals surface area (Å²) < 4.78 is 6.22. The van der Waals surface area contributed by atoms with Gasteiger partial charge in [-0.3, -0.25) is 14.5 Å². The molecule has 4 aromatic rings. The molecule has 1 aromatic heterocycles. The van der Waals surface area contributed by atoms with Crippen LogP contribution >= 0.6 is 11.6 Å². The second-order valence-corrected chi connectivity index (χ2v) is 8.90. The summed E-state index contributed by atoms with van der Waals surface area (Å²) in [6.07, 6.45) is 1.82. The van der Waals surface area contributed by atoms with E-state index in [0.717, 1.165) is 5.56 Å². The summed E-state index contributed by atoms with van der Waals surface area (Å²) in [5.41, 5.74) is 3.07. The SMILES string of the molecule is COC(=O)c1ccc(NC(=O)C(Cc2ccccc2)N2CON(c3cc(Cl)ccc3-n3cnnn3)CO2)cc1. The van der Waals surface area contributed by atoms with Crippen molar-refractivity contribution in [1.29, 1.82) is 0 Å². The number of hydroxylamine groups is 3. The monoisotopic (exact) mass is 549 g/mol. The lowest BCUT2D eigenvalue weighted by Gasteiger charge is -2.38. The summed E-state index contributed by atoms with van der Waals surface area (Å²) in [6.45, 7) is -0.0738. The lowest BCUT2D eigenvalue weighted by Crippen LogP contribution is -2.52. The molecular weight excluding hydrogens is 526 g/mol.